The Balaban J connectivity index is 1.66. The van der Waals surface area contributed by atoms with Crippen molar-refractivity contribution in [2.45, 2.75) is 25.3 Å². The number of nitrogens with zero attached hydrogens (tertiary/aromatic N) is 1. The molecule has 4 nitrogen and oxygen atoms in total. The molecular formula is C23H27ClN2O2. The standard InChI is InChI=1S/C23H27ClN2O2/c1-28-20-12-9-19(10-13-20)22(26-15-5-2-6-16-26)17-25-23(27)14-11-18-7-3-4-8-21(18)24/h3-4,7-14,22H,2,5-6,15-17H2,1H3,(H,25,27)/b14-11+/t22-/m1/s1. The molecule has 148 valence electrons. The number of nitrogens with one attached hydrogen (secondary N) is 1. The Morgan fingerprint density at radius 3 is 2.54 bits per heavy atom. The quantitative estimate of drug-likeness (QED) is 0.687. The van der Waals surface area contributed by atoms with Gasteiger partial charge in [-0.05, 0) is 61.3 Å². The zero-order valence-corrected chi connectivity index (χ0v) is 17.0. The molecule has 0 radical (unpaired) electrons. The maximum absolute atomic E-state index is 12.4. The van der Waals surface area contributed by atoms with Gasteiger partial charge in [0.15, 0.2) is 0 Å². The van der Waals surface area contributed by atoms with Gasteiger partial charge in [0, 0.05) is 17.6 Å². The van der Waals surface area contributed by atoms with Crippen LogP contribution in [0.25, 0.3) is 6.08 Å². The fraction of sp³-hybridized carbons (Fsp3) is 0.348. The Morgan fingerprint density at radius 1 is 1.14 bits per heavy atom. The van der Waals surface area contributed by atoms with Crippen LogP contribution in [0, 0.1) is 0 Å². The number of ether oxygens (including phenoxy) is 1. The molecule has 1 atom stereocenters. The Bertz CT molecular complexity index is 799. The average molecular weight is 399 g/mol. The topological polar surface area (TPSA) is 41.6 Å². The Hall–Kier alpha value is -2.30. The van der Waals surface area contributed by atoms with Crippen molar-refractivity contribution < 1.29 is 9.53 Å². The molecule has 0 spiro atoms. The molecule has 0 aliphatic carbocycles. The fourth-order valence-electron chi connectivity index (χ4n) is 3.55. The summed E-state index contributed by atoms with van der Waals surface area (Å²) in [5, 5.41) is 3.69. The summed E-state index contributed by atoms with van der Waals surface area (Å²) in [7, 11) is 1.67. The lowest BCUT2D eigenvalue weighted by Gasteiger charge is -2.35. The lowest BCUT2D eigenvalue weighted by molar-refractivity contribution is -0.116. The molecular weight excluding hydrogens is 372 g/mol. The van der Waals surface area contributed by atoms with Crippen molar-refractivity contribution in [1.82, 2.24) is 10.2 Å². The summed E-state index contributed by atoms with van der Waals surface area (Å²) in [5.41, 5.74) is 2.03. The molecule has 0 bridgehead atoms. The predicted molar refractivity (Wildman–Crippen MR) is 115 cm³/mol. The van der Waals surface area contributed by atoms with Gasteiger partial charge in [-0.1, -0.05) is 48.4 Å². The first kappa shape index (κ1) is 20.4. The number of halogens is 1. The maximum atomic E-state index is 12.4. The Kier molecular flexibility index (Phi) is 7.52. The van der Waals surface area contributed by atoms with Gasteiger partial charge in [0.05, 0.1) is 13.2 Å². The summed E-state index contributed by atoms with van der Waals surface area (Å²) < 4.78 is 5.27. The number of methoxy groups -OCH3 is 1. The second-order valence-electron chi connectivity index (χ2n) is 6.99. The summed E-state index contributed by atoms with van der Waals surface area (Å²) in [6.45, 7) is 2.68. The van der Waals surface area contributed by atoms with E-state index in [9.17, 15) is 4.79 Å². The molecule has 1 aliphatic rings. The van der Waals surface area contributed by atoms with E-state index in [1.165, 1.54) is 24.8 Å². The third kappa shape index (κ3) is 5.60. The third-order valence-electron chi connectivity index (χ3n) is 5.12. The van der Waals surface area contributed by atoms with Crippen molar-refractivity contribution in [3.63, 3.8) is 0 Å². The number of amides is 1. The first-order valence-electron chi connectivity index (χ1n) is 9.76. The van der Waals surface area contributed by atoms with E-state index in [4.69, 9.17) is 16.3 Å². The van der Waals surface area contributed by atoms with E-state index < -0.39 is 0 Å². The maximum Gasteiger partial charge on any atom is 0.244 e. The number of carbonyl (C=O) groups is 1. The number of rotatable bonds is 7. The predicted octanol–water partition coefficient (Wildman–Crippen LogP) is 4.71. The van der Waals surface area contributed by atoms with Crippen LogP contribution in [0.2, 0.25) is 5.02 Å². The highest BCUT2D eigenvalue weighted by Gasteiger charge is 2.22. The normalized spacial score (nSPS) is 16.1. The van der Waals surface area contributed by atoms with Crippen molar-refractivity contribution in [2.24, 2.45) is 0 Å². The highest BCUT2D eigenvalue weighted by molar-refractivity contribution is 6.32. The Labute approximate surface area is 172 Å². The second kappa shape index (κ2) is 10.3. The summed E-state index contributed by atoms with van der Waals surface area (Å²) in [6.07, 6.45) is 6.97. The molecule has 0 saturated carbocycles. The van der Waals surface area contributed by atoms with E-state index in [1.807, 2.05) is 36.4 Å². The van der Waals surface area contributed by atoms with Gasteiger partial charge >= 0.3 is 0 Å². The van der Waals surface area contributed by atoms with E-state index in [1.54, 1.807) is 19.3 Å². The minimum Gasteiger partial charge on any atom is -0.497 e. The minimum absolute atomic E-state index is 0.115. The molecule has 2 aromatic rings. The summed E-state index contributed by atoms with van der Waals surface area (Å²) in [5.74, 6) is 0.725. The van der Waals surface area contributed by atoms with Gasteiger partial charge in [0.25, 0.3) is 0 Å². The van der Waals surface area contributed by atoms with Gasteiger partial charge in [-0.25, -0.2) is 0 Å². The molecule has 0 aromatic heterocycles. The van der Waals surface area contributed by atoms with Crippen molar-refractivity contribution >= 4 is 23.6 Å². The fourth-order valence-corrected chi connectivity index (χ4v) is 3.74. The van der Waals surface area contributed by atoms with Gasteiger partial charge in [-0.15, -0.1) is 0 Å². The lowest BCUT2D eigenvalue weighted by Crippen LogP contribution is -2.40. The Morgan fingerprint density at radius 2 is 1.86 bits per heavy atom. The van der Waals surface area contributed by atoms with Crippen LogP contribution >= 0.6 is 11.6 Å². The average Bonchev–Trinajstić information content (AvgIpc) is 2.74. The molecule has 2 aromatic carbocycles. The number of piperidine rings is 1. The van der Waals surface area contributed by atoms with Crippen LogP contribution in [0.1, 0.15) is 36.4 Å². The zero-order chi connectivity index (χ0) is 19.8. The van der Waals surface area contributed by atoms with Crippen molar-refractivity contribution in [1.29, 1.82) is 0 Å². The number of hydrogen-bond donors (Lipinski definition) is 1. The van der Waals surface area contributed by atoms with Crippen molar-refractivity contribution in [3.8, 4) is 5.75 Å². The third-order valence-corrected chi connectivity index (χ3v) is 5.47. The number of likely N-dealkylation sites (tertiary alicyclic amines) is 1. The minimum atomic E-state index is -0.115. The molecule has 28 heavy (non-hydrogen) atoms. The smallest absolute Gasteiger partial charge is 0.244 e. The summed E-state index contributed by atoms with van der Waals surface area (Å²) in [6, 6.07) is 15.8. The second-order valence-corrected chi connectivity index (χ2v) is 7.39. The molecule has 1 fully saturated rings. The lowest BCUT2D eigenvalue weighted by atomic mass is 10.0. The molecule has 1 amide bonds. The summed E-state index contributed by atoms with van der Waals surface area (Å²) in [4.78, 5) is 14.8. The van der Waals surface area contributed by atoms with Crippen LogP contribution < -0.4 is 10.1 Å². The van der Waals surface area contributed by atoms with Crippen molar-refractivity contribution in [3.05, 3.63) is 70.8 Å². The van der Waals surface area contributed by atoms with Crippen LogP contribution in [-0.4, -0.2) is 37.6 Å². The van der Waals surface area contributed by atoms with Crippen LogP contribution in [0.3, 0.4) is 0 Å². The summed E-state index contributed by atoms with van der Waals surface area (Å²) >= 11 is 6.14. The first-order chi connectivity index (χ1) is 13.7. The van der Waals surface area contributed by atoms with E-state index >= 15 is 0 Å². The zero-order valence-electron chi connectivity index (χ0n) is 16.2. The van der Waals surface area contributed by atoms with Gasteiger partial charge in [0.2, 0.25) is 5.91 Å². The monoisotopic (exact) mass is 398 g/mol. The van der Waals surface area contributed by atoms with Crippen molar-refractivity contribution in [2.75, 3.05) is 26.7 Å². The number of carbonyl (C=O) groups excluding carboxylic acids is 1. The van der Waals surface area contributed by atoms with E-state index in [2.05, 4.69) is 22.3 Å². The van der Waals surface area contributed by atoms with Crippen LogP contribution in [-0.2, 0) is 4.79 Å². The van der Waals surface area contributed by atoms with E-state index in [0.29, 0.717) is 11.6 Å². The van der Waals surface area contributed by atoms with Gasteiger partial charge < -0.3 is 10.1 Å². The highest BCUT2D eigenvalue weighted by Crippen LogP contribution is 2.26. The van der Waals surface area contributed by atoms with Crippen LogP contribution in [0.4, 0.5) is 0 Å². The highest BCUT2D eigenvalue weighted by atomic mass is 35.5. The molecule has 1 N–H and O–H groups in total. The molecule has 0 unspecified atom stereocenters. The van der Waals surface area contributed by atoms with Crippen LogP contribution in [0.15, 0.2) is 54.6 Å². The molecule has 5 heteroatoms. The molecule has 1 heterocycles. The van der Waals surface area contributed by atoms with Gasteiger partial charge in [-0.3, -0.25) is 9.69 Å². The molecule has 3 rings (SSSR count). The van der Waals surface area contributed by atoms with E-state index in [0.717, 1.165) is 24.4 Å². The SMILES string of the molecule is COc1ccc([C@@H](CNC(=O)/C=C/c2ccccc2Cl)N2CCCCC2)cc1. The number of benzene rings is 2. The molecule has 1 saturated heterocycles. The number of hydrogen-bond acceptors (Lipinski definition) is 3. The van der Waals surface area contributed by atoms with E-state index in [-0.39, 0.29) is 11.9 Å². The molecule has 1 aliphatic heterocycles. The largest absolute Gasteiger partial charge is 0.497 e. The van der Waals surface area contributed by atoms with Gasteiger partial charge in [0.1, 0.15) is 5.75 Å². The first-order valence-corrected chi connectivity index (χ1v) is 10.1. The van der Waals surface area contributed by atoms with Gasteiger partial charge in [-0.2, -0.15) is 0 Å². The van der Waals surface area contributed by atoms with Crippen LogP contribution in [0.5, 0.6) is 5.75 Å².